The molecule has 0 aliphatic carbocycles. The summed E-state index contributed by atoms with van der Waals surface area (Å²) >= 11 is 0. The number of rotatable bonds is 19. The Hall–Kier alpha value is -9.32. The molecule has 0 atom stereocenters. The maximum Gasteiger partial charge on any atom is 0.314 e. The molecule has 3 N–H and O–H groups in total. The standard InChI is InChI=1S/C26H25O6P.2C22H21O3P.C4H4O3.CH4/c1-18-15-20(17-32-24(29)14-13-23(27)28)16-19(2)25(18)26(30)33(31,21-9-5-3-6-10-21)22-11-7-4-8-12-22;2*1-16-13-18(15-23)14-17(2)21(16)22(24)26(25,19-9-5-3-6-10-19)20-11-7-4-8-12-20;5-3-1-2-4(6)7-3;/h3-12,15-16H,13-14,17H2,1-2H3,(H,27,28);2*3-14,23H,15H2,1-2H3;1-2H2;1H4. The van der Waals surface area contributed by atoms with Crippen LogP contribution in [-0.2, 0) is 62.2 Å². The van der Waals surface area contributed by atoms with E-state index in [1.807, 2.05) is 64.1 Å². The van der Waals surface area contributed by atoms with Gasteiger partial charge in [-0.15, -0.1) is 0 Å². The fourth-order valence-electron chi connectivity index (χ4n) is 10.8. The molecule has 1 aliphatic heterocycles. The molecule has 9 aromatic rings. The summed E-state index contributed by atoms with van der Waals surface area (Å²) in [6.45, 7) is 10.6. The van der Waals surface area contributed by atoms with Gasteiger partial charge >= 0.3 is 23.9 Å². The zero-order valence-corrected chi connectivity index (χ0v) is 54.5. The molecule has 1 saturated heterocycles. The van der Waals surface area contributed by atoms with Gasteiger partial charge in [-0.3, -0.25) is 33.6 Å². The maximum absolute atomic E-state index is 14.4. The van der Waals surface area contributed by atoms with Crippen molar-refractivity contribution in [1.82, 2.24) is 0 Å². The number of carboxylic acids is 1. The van der Waals surface area contributed by atoms with Crippen molar-refractivity contribution in [2.45, 2.75) is 94.5 Å². The second kappa shape index (κ2) is 33.3. The van der Waals surface area contributed by atoms with Crippen molar-refractivity contribution in [2.75, 3.05) is 0 Å². The van der Waals surface area contributed by atoms with E-state index in [-0.39, 0.29) is 64.0 Å². The smallest absolute Gasteiger partial charge is 0.314 e. The van der Waals surface area contributed by atoms with Crippen LogP contribution in [0.1, 0.15) is 114 Å². The van der Waals surface area contributed by atoms with E-state index in [0.717, 1.165) is 33.4 Å². The number of carbonyl (C=O) groups is 7. The van der Waals surface area contributed by atoms with Gasteiger partial charge in [-0.25, -0.2) is 0 Å². The number of aliphatic carboxylic acids is 1. The van der Waals surface area contributed by atoms with Gasteiger partial charge in [0.25, 0.3) is 0 Å². The number of aliphatic hydroxyl groups is 2. The Labute approximate surface area is 542 Å². The first-order valence-electron chi connectivity index (χ1n) is 29.4. The fourth-order valence-corrected chi connectivity index (χ4v) is 18.6. The van der Waals surface area contributed by atoms with Crippen LogP contribution in [0.4, 0.5) is 0 Å². The second-order valence-corrected chi connectivity index (χ2v) is 29.8. The Balaban J connectivity index is 0.000000210. The molecular weight excluding hydrogens is 1230 g/mol. The van der Waals surface area contributed by atoms with E-state index < -0.39 is 50.8 Å². The van der Waals surface area contributed by atoms with E-state index in [0.29, 0.717) is 65.2 Å². The first kappa shape index (κ1) is 72.7. The molecule has 0 bridgehead atoms. The van der Waals surface area contributed by atoms with E-state index in [2.05, 4.69) is 4.74 Å². The lowest BCUT2D eigenvalue weighted by atomic mass is 10.0. The molecule has 9 aromatic carbocycles. The van der Waals surface area contributed by atoms with Crippen molar-refractivity contribution in [2.24, 2.45) is 0 Å². The molecule has 480 valence electrons. The first-order valence-corrected chi connectivity index (χ1v) is 34.5. The van der Waals surface area contributed by atoms with Gasteiger partial charge in [-0.2, -0.15) is 0 Å². The molecule has 0 spiro atoms. The van der Waals surface area contributed by atoms with Crippen LogP contribution < -0.4 is 31.8 Å². The molecule has 0 unspecified atom stereocenters. The van der Waals surface area contributed by atoms with Gasteiger partial charge in [-0.05, 0) is 91.6 Å². The third-order valence-corrected chi connectivity index (χ3v) is 23.6. The van der Waals surface area contributed by atoms with E-state index in [9.17, 15) is 57.5 Å². The molecule has 1 aliphatic rings. The van der Waals surface area contributed by atoms with Gasteiger partial charge in [0.15, 0.2) is 0 Å². The molecule has 18 heteroatoms. The second-order valence-electron chi connectivity index (χ2n) is 21.8. The number of ether oxygens (including phenoxy) is 2. The average molecular weight is 1310 g/mol. The number of hydrogen-bond acceptors (Lipinski definition) is 14. The van der Waals surface area contributed by atoms with Crippen LogP contribution in [0.25, 0.3) is 0 Å². The van der Waals surface area contributed by atoms with E-state index in [4.69, 9.17) is 9.84 Å². The van der Waals surface area contributed by atoms with Crippen LogP contribution in [0.3, 0.4) is 0 Å². The zero-order valence-electron chi connectivity index (χ0n) is 51.8. The Morgan fingerprint density at radius 3 is 0.806 bits per heavy atom. The minimum absolute atomic E-state index is 0. The van der Waals surface area contributed by atoms with Gasteiger partial charge in [0.2, 0.25) is 38.0 Å². The highest BCUT2D eigenvalue weighted by Gasteiger charge is 2.41. The average Bonchev–Trinajstić information content (AvgIpc) is 0.901. The van der Waals surface area contributed by atoms with Crippen molar-refractivity contribution in [3.05, 3.63) is 285 Å². The minimum atomic E-state index is -3.64. The predicted molar refractivity (Wildman–Crippen MR) is 366 cm³/mol. The van der Waals surface area contributed by atoms with Gasteiger partial charge in [0.1, 0.15) is 6.61 Å². The van der Waals surface area contributed by atoms with E-state index in [1.165, 1.54) is 0 Å². The molecule has 10 rings (SSSR count). The Morgan fingerprint density at radius 1 is 0.387 bits per heavy atom. The van der Waals surface area contributed by atoms with Crippen molar-refractivity contribution >= 4 is 93.7 Å². The number of benzene rings is 9. The van der Waals surface area contributed by atoms with Gasteiger partial charge in [0.05, 0.1) is 38.9 Å². The number of esters is 3. The monoisotopic (exact) mass is 1310 g/mol. The topological polar surface area (TPSA) is 250 Å². The molecule has 1 fully saturated rings. The van der Waals surface area contributed by atoms with Crippen LogP contribution >= 0.6 is 21.4 Å². The summed E-state index contributed by atoms with van der Waals surface area (Å²) < 4.78 is 52.0. The quantitative estimate of drug-likeness (QED) is 0.0387. The van der Waals surface area contributed by atoms with Crippen molar-refractivity contribution in [1.29, 1.82) is 0 Å². The SMILES string of the molecule is C.Cc1cc(CO)cc(C)c1C(=O)P(=O)(c1ccccc1)c1ccccc1.Cc1cc(CO)cc(C)c1C(=O)P(=O)(c1ccccc1)c1ccccc1.Cc1cc(COC(=O)CCC(=O)O)cc(C)c1C(=O)P(=O)(c1ccccc1)c1ccccc1.O=C1CCC(=O)O1. The highest BCUT2D eigenvalue weighted by molar-refractivity contribution is 7.94. The molecule has 0 saturated carbocycles. The van der Waals surface area contributed by atoms with E-state index in [1.54, 1.807) is 196 Å². The molecular formula is C75H75O15P3. The maximum atomic E-state index is 14.4. The summed E-state index contributed by atoms with van der Waals surface area (Å²) in [4.78, 5) is 83.3. The van der Waals surface area contributed by atoms with Crippen LogP contribution in [0, 0.1) is 41.5 Å². The first-order chi connectivity index (χ1) is 44.0. The number of carboxylic acid groups (broad SMARTS) is 1. The Morgan fingerprint density at radius 2 is 0.613 bits per heavy atom. The lowest BCUT2D eigenvalue weighted by Crippen LogP contribution is -2.23. The number of carbonyl (C=O) groups excluding carboxylic acids is 6. The molecule has 0 amide bonds. The van der Waals surface area contributed by atoms with Crippen molar-refractivity contribution in [3.63, 3.8) is 0 Å². The van der Waals surface area contributed by atoms with Crippen LogP contribution in [-0.4, -0.2) is 55.8 Å². The normalized spacial score (nSPS) is 11.8. The number of cyclic esters (lactones) is 2. The lowest BCUT2D eigenvalue weighted by Gasteiger charge is -2.21. The summed E-state index contributed by atoms with van der Waals surface area (Å²) in [5.74, 6) is -2.47. The van der Waals surface area contributed by atoms with Gasteiger partial charge < -0.3 is 38.5 Å². The van der Waals surface area contributed by atoms with E-state index >= 15 is 0 Å². The fraction of sp³-hybridized carbons (Fsp3) is 0.187. The summed E-state index contributed by atoms with van der Waals surface area (Å²) in [7, 11) is -10.7. The molecule has 93 heavy (non-hydrogen) atoms. The summed E-state index contributed by atoms with van der Waals surface area (Å²) in [6, 6.07) is 63.8. The number of aliphatic hydroxyl groups excluding tert-OH is 2. The number of hydrogen-bond donors (Lipinski definition) is 3. The third-order valence-electron chi connectivity index (χ3n) is 15.1. The summed E-state index contributed by atoms with van der Waals surface area (Å²) in [5, 5.41) is 30.5. The van der Waals surface area contributed by atoms with Crippen LogP contribution in [0.5, 0.6) is 0 Å². The summed E-state index contributed by atoms with van der Waals surface area (Å²) in [5.41, 5.74) is 6.46. The predicted octanol–water partition coefficient (Wildman–Crippen LogP) is 12.8. The third kappa shape index (κ3) is 17.4. The molecule has 0 aromatic heterocycles. The summed E-state index contributed by atoms with van der Waals surface area (Å²) in [6.07, 6.45) is 0.0253. The molecule has 1 heterocycles. The van der Waals surface area contributed by atoms with Crippen molar-refractivity contribution < 1.29 is 72.1 Å². The highest BCUT2D eigenvalue weighted by atomic mass is 31.2. The largest absolute Gasteiger partial charge is 0.481 e. The zero-order chi connectivity index (χ0) is 66.8. The van der Waals surface area contributed by atoms with Crippen molar-refractivity contribution in [3.8, 4) is 0 Å². The molecule has 15 nitrogen and oxygen atoms in total. The van der Waals surface area contributed by atoms with Crippen LogP contribution in [0.15, 0.2) is 218 Å². The number of aryl methyl sites for hydroxylation is 6. The Bertz CT molecular complexity index is 3910. The minimum Gasteiger partial charge on any atom is -0.481 e. The van der Waals surface area contributed by atoms with Crippen LogP contribution in [0.2, 0.25) is 0 Å². The molecule has 0 radical (unpaired) electrons. The highest BCUT2D eigenvalue weighted by Crippen LogP contribution is 2.50. The Kier molecular flexibility index (Phi) is 26.1. The van der Waals surface area contributed by atoms with Gasteiger partial charge in [0, 0.05) is 48.5 Å². The van der Waals surface area contributed by atoms with Gasteiger partial charge in [-0.1, -0.05) is 226 Å². The lowest BCUT2D eigenvalue weighted by molar-refractivity contribution is -0.152.